The number of hydrogen-bond donors (Lipinski definition) is 0. The van der Waals surface area contributed by atoms with E-state index in [-0.39, 0.29) is 0 Å². The molecule has 1 fully saturated rings. The van der Waals surface area contributed by atoms with Crippen LogP contribution in [0, 0.1) is 0 Å². The number of esters is 2. The van der Waals surface area contributed by atoms with Gasteiger partial charge in [0.05, 0.1) is 0 Å². The number of carbonyl (C=O) groups excluding carboxylic acids is 2. The second-order valence-corrected chi connectivity index (χ2v) is 3.68. The summed E-state index contributed by atoms with van der Waals surface area (Å²) in [4.78, 5) is 22.0. The van der Waals surface area contributed by atoms with E-state index >= 15 is 0 Å². The molecule has 0 bridgehead atoms. The summed E-state index contributed by atoms with van der Waals surface area (Å²) in [7, 11) is 0. The fourth-order valence-electron chi connectivity index (χ4n) is 1.74. The van der Waals surface area contributed by atoms with Crippen LogP contribution >= 0.6 is 0 Å². The minimum atomic E-state index is -0.683. The third-order valence-corrected chi connectivity index (χ3v) is 2.35. The summed E-state index contributed by atoms with van der Waals surface area (Å²) in [5.74, 6) is -0.931. The van der Waals surface area contributed by atoms with Gasteiger partial charge < -0.3 is 14.2 Å². The lowest BCUT2D eigenvalue weighted by atomic mass is 10.1. The molecule has 1 saturated heterocycles. The zero-order valence-electron chi connectivity index (χ0n) is 9.92. The van der Waals surface area contributed by atoms with Crippen LogP contribution in [0.5, 0.6) is 0 Å². The van der Waals surface area contributed by atoms with E-state index in [4.69, 9.17) is 14.2 Å². The molecule has 5 heteroatoms. The molecular weight excluding hydrogens is 224 g/mol. The van der Waals surface area contributed by atoms with Crippen molar-refractivity contribution in [3.05, 3.63) is 25.3 Å². The Morgan fingerprint density at radius 2 is 1.35 bits per heavy atom. The van der Waals surface area contributed by atoms with E-state index in [0.29, 0.717) is 0 Å². The average Bonchev–Trinajstić information content (AvgIpc) is 2.55. The maximum absolute atomic E-state index is 11.0. The van der Waals surface area contributed by atoms with Gasteiger partial charge in [0.15, 0.2) is 12.2 Å². The van der Waals surface area contributed by atoms with Gasteiger partial charge in [0.1, 0.15) is 12.2 Å². The van der Waals surface area contributed by atoms with Crippen LogP contribution in [-0.4, -0.2) is 36.4 Å². The Labute approximate surface area is 100 Å². The summed E-state index contributed by atoms with van der Waals surface area (Å²) in [5, 5.41) is 0. The molecule has 0 radical (unpaired) electrons. The Balaban J connectivity index is 2.89. The van der Waals surface area contributed by atoms with Crippen molar-refractivity contribution in [3.8, 4) is 0 Å². The second kappa shape index (κ2) is 5.63. The fraction of sp³-hybridized carbons (Fsp3) is 0.500. The van der Waals surface area contributed by atoms with Crippen LogP contribution in [0.2, 0.25) is 0 Å². The van der Waals surface area contributed by atoms with E-state index in [0.717, 1.165) is 0 Å². The Morgan fingerprint density at radius 3 is 1.59 bits per heavy atom. The monoisotopic (exact) mass is 240 g/mol. The SMILES string of the molecule is C=C[C@@H]1O[C@H](C=C)[C@H](OC(C)=O)[C@@H]1OC(C)=O. The molecule has 0 aromatic heterocycles. The van der Waals surface area contributed by atoms with Crippen LogP contribution < -0.4 is 0 Å². The van der Waals surface area contributed by atoms with Crippen molar-refractivity contribution >= 4 is 11.9 Å². The zero-order chi connectivity index (χ0) is 13.0. The molecule has 94 valence electrons. The largest absolute Gasteiger partial charge is 0.455 e. The Kier molecular flexibility index (Phi) is 4.45. The van der Waals surface area contributed by atoms with Gasteiger partial charge in [-0.1, -0.05) is 12.2 Å². The highest BCUT2D eigenvalue weighted by Crippen LogP contribution is 2.28. The van der Waals surface area contributed by atoms with Crippen molar-refractivity contribution in [1.82, 2.24) is 0 Å². The molecule has 0 aliphatic carbocycles. The minimum Gasteiger partial charge on any atom is -0.455 e. The fourth-order valence-corrected chi connectivity index (χ4v) is 1.74. The van der Waals surface area contributed by atoms with Crippen molar-refractivity contribution in [2.45, 2.75) is 38.3 Å². The van der Waals surface area contributed by atoms with Crippen molar-refractivity contribution in [3.63, 3.8) is 0 Å². The number of hydrogen-bond acceptors (Lipinski definition) is 5. The van der Waals surface area contributed by atoms with Gasteiger partial charge in [-0.15, -0.1) is 13.2 Å². The van der Waals surface area contributed by atoms with Crippen LogP contribution in [0.15, 0.2) is 25.3 Å². The molecule has 1 heterocycles. The average molecular weight is 240 g/mol. The van der Waals surface area contributed by atoms with Gasteiger partial charge in [0.2, 0.25) is 0 Å². The Hall–Kier alpha value is -1.62. The lowest BCUT2D eigenvalue weighted by Gasteiger charge is -2.21. The van der Waals surface area contributed by atoms with E-state index in [1.54, 1.807) is 0 Å². The van der Waals surface area contributed by atoms with Crippen molar-refractivity contribution in [1.29, 1.82) is 0 Å². The third-order valence-electron chi connectivity index (χ3n) is 2.35. The lowest BCUT2D eigenvalue weighted by molar-refractivity contribution is -0.162. The minimum absolute atomic E-state index is 0.465. The van der Waals surface area contributed by atoms with Crippen molar-refractivity contribution in [2.75, 3.05) is 0 Å². The van der Waals surface area contributed by atoms with Crippen molar-refractivity contribution < 1.29 is 23.8 Å². The highest BCUT2D eigenvalue weighted by atomic mass is 16.6. The van der Waals surface area contributed by atoms with Crippen LogP contribution in [0.4, 0.5) is 0 Å². The summed E-state index contributed by atoms with van der Waals surface area (Å²) in [6.45, 7) is 9.75. The van der Waals surface area contributed by atoms with Crippen LogP contribution in [-0.2, 0) is 23.8 Å². The predicted molar refractivity (Wildman–Crippen MR) is 60.2 cm³/mol. The van der Waals surface area contributed by atoms with Crippen LogP contribution in [0.1, 0.15) is 13.8 Å². The van der Waals surface area contributed by atoms with Gasteiger partial charge in [-0.3, -0.25) is 9.59 Å². The molecule has 0 aromatic rings. The van der Waals surface area contributed by atoms with Crippen LogP contribution in [0.3, 0.4) is 0 Å². The summed E-state index contributed by atoms with van der Waals surface area (Å²) in [6, 6.07) is 0. The first-order chi connectivity index (χ1) is 7.99. The summed E-state index contributed by atoms with van der Waals surface area (Å²) in [6.07, 6.45) is 0.632. The number of ether oxygens (including phenoxy) is 3. The van der Waals surface area contributed by atoms with E-state index in [9.17, 15) is 9.59 Å². The summed E-state index contributed by atoms with van der Waals surface area (Å²) in [5.41, 5.74) is 0. The first-order valence-corrected chi connectivity index (χ1v) is 5.24. The molecular formula is C12H16O5. The molecule has 1 aliphatic rings. The van der Waals surface area contributed by atoms with E-state index < -0.39 is 36.4 Å². The molecule has 1 rings (SSSR count). The molecule has 1 aliphatic heterocycles. The van der Waals surface area contributed by atoms with Crippen LogP contribution in [0.25, 0.3) is 0 Å². The molecule has 4 atom stereocenters. The third kappa shape index (κ3) is 3.17. The molecule has 17 heavy (non-hydrogen) atoms. The van der Waals surface area contributed by atoms with Gasteiger partial charge in [-0.25, -0.2) is 0 Å². The molecule has 0 spiro atoms. The smallest absolute Gasteiger partial charge is 0.303 e. The molecule has 5 nitrogen and oxygen atoms in total. The topological polar surface area (TPSA) is 61.8 Å². The first-order valence-electron chi connectivity index (χ1n) is 5.24. The normalized spacial score (nSPS) is 31.6. The molecule has 0 N–H and O–H groups in total. The highest BCUT2D eigenvalue weighted by molar-refractivity contribution is 5.67. The number of carbonyl (C=O) groups is 2. The van der Waals surface area contributed by atoms with Gasteiger partial charge in [-0.05, 0) is 0 Å². The highest BCUT2D eigenvalue weighted by Gasteiger charge is 2.46. The van der Waals surface area contributed by atoms with Gasteiger partial charge in [-0.2, -0.15) is 0 Å². The quantitative estimate of drug-likeness (QED) is 0.541. The van der Waals surface area contributed by atoms with Gasteiger partial charge in [0.25, 0.3) is 0 Å². The van der Waals surface area contributed by atoms with Gasteiger partial charge >= 0.3 is 11.9 Å². The number of rotatable bonds is 4. The molecule has 0 aromatic carbocycles. The van der Waals surface area contributed by atoms with Gasteiger partial charge in [0, 0.05) is 13.8 Å². The van der Waals surface area contributed by atoms with Crippen molar-refractivity contribution in [2.24, 2.45) is 0 Å². The standard InChI is InChI=1S/C12H16O5/c1-5-9-11(15-7(3)13)12(16-8(4)14)10(6-2)17-9/h5-6,9-12H,1-2H2,3-4H3/t9-,10+,11+,12-. The second-order valence-electron chi connectivity index (χ2n) is 3.68. The Bertz CT molecular complexity index is 304. The molecule has 0 saturated carbocycles. The maximum atomic E-state index is 11.0. The summed E-state index contributed by atoms with van der Waals surface area (Å²) >= 11 is 0. The predicted octanol–water partition coefficient (Wildman–Crippen LogP) is 0.989. The van der Waals surface area contributed by atoms with E-state index in [1.807, 2.05) is 0 Å². The zero-order valence-corrected chi connectivity index (χ0v) is 9.92. The first kappa shape index (κ1) is 13.4. The molecule has 0 amide bonds. The van der Waals surface area contributed by atoms with E-state index in [1.165, 1.54) is 26.0 Å². The summed E-state index contributed by atoms with van der Waals surface area (Å²) < 4.78 is 15.7. The lowest BCUT2D eigenvalue weighted by Crippen LogP contribution is -2.38. The Morgan fingerprint density at radius 1 is 1.00 bits per heavy atom. The maximum Gasteiger partial charge on any atom is 0.303 e. The van der Waals surface area contributed by atoms with E-state index in [2.05, 4.69) is 13.2 Å². The molecule has 0 unspecified atom stereocenters.